The van der Waals surface area contributed by atoms with Crippen LogP contribution in [0.4, 0.5) is 8.78 Å². The molecule has 1 aliphatic rings. The number of rotatable bonds is 9. The van der Waals surface area contributed by atoms with E-state index in [9.17, 15) is 13.9 Å². The maximum atomic E-state index is 12.9. The van der Waals surface area contributed by atoms with Crippen LogP contribution in [0.1, 0.15) is 55.0 Å². The minimum Gasteiger partial charge on any atom is -0.487 e. The minimum absolute atomic E-state index is 0.0336. The summed E-state index contributed by atoms with van der Waals surface area (Å²) in [6.45, 7) is 0.448. The van der Waals surface area contributed by atoms with E-state index in [2.05, 4.69) is 14.7 Å². The monoisotopic (exact) mass is 440 g/mol. The van der Waals surface area contributed by atoms with Gasteiger partial charge in [-0.1, -0.05) is 18.2 Å². The van der Waals surface area contributed by atoms with Crippen molar-refractivity contribution in [2.45, 2.75) is 57.3 Å². The van der Waals surface area contributed by atoms with Gasteiger partial charge in [0.15, 0.2) is 11.5 Å². The third kappa shape index (κ3) is 5.59. The van der Waals surface area contributed by atoms with E-state index in [1.807, 2.05) is 30.5 Å². The molecule has 0 aliphatic heterocycles. The Kier molecular flexibility index (Phi) is 6.37. The van der Waals surface area contributed by atoms with Crippen LogP contribution in [0.3, 0.4) is 0 Å². The molecular weight excluding hydrogens is 414 g/mol. The van der Waals surface area contributed by atoms with Crippen LogP contribution in [0.2, 0.25) is 0 Å². The SMILES string of the molecule is CC(C)(O)c1ccc(C(Cc2cccnc2)c2ccc(OC(F)F)c(OC3CC3)c2)cn1. The van der Waals surface area contributed by atoms with Crippen molar-refractivity contribution in [3.63, 3.8) is 0 Å². The molecule has 1 unspecified atom stereocenters. The lowest BCUT2D eigenvalue weighted by molar-refractivity contribution is -0.0516. The smallest absolute Gasteiger partial charge is 0.387 e. The highest BCUT2D eigenvalue weighted by molar-refractivity contribution is 5.47. The molecular formula is C25H26F2N2O3. The number of hydrogen-bond acceptors (Lipinski definition) is 5. The highest BCUT2D eigenvalue weighted by Gasteiger charge is 2.27. The number of ether oxygens (including phenoxy) is 2. The van der Waals surface area contributed by atoms with Gasteiger partial charge in [0.05, 0.1) is 11.8 Å². The Morgan fingerprint density at radius 1 is 1.06 bits per heavy atom. The van der Waals surface area contributed by atoms with E-state index in [1.165, 1.54) is 6.07 Å². The Hall–Kier alpha value is -3.06. The molecule has 5 nitrogen and oxygen atoms in total. The first-order chi connectivity index (χ1) is 15.3. The van der Waals surface area contributed by atoms with E-state index in [0.29, 0.717) is 17.9 Å². The molecule has 3 aromatic rings. The Morgan fingerprint density at radius 3 is 2.44 bits per heavy atom. The molecule has 1 aromatic carbocycles. The van der Waals surface area contributed by atoms with Crippen LogP contribution in [0.15, 0.2) is 61.1 Å². The first-order valence-electron chi connectivity index (χ1n) is 10.6. The lowest BCUT2D eigenvalue weighted by Gasteiger charge is -2.22. The van der Waals surface area contributed by atoms with Gasteiger partial charge in [0.2, 0.25) is 0 Å². The Bertz CT molecular complexity index is 1030. The van der Waals surface area contributed by atoms with Crippen LogP contribution in [0, 0.1) is 0 Å². The number of alkyl halides is 2. The molecule has 2 aromatic heterocycles. The van der Waals surface area contributed by atoms with Crippen LogP contribution >= 0.6 is 0 Å². The Balaban J connectivity index is 1.72. The largest absolute Gasteiger partial charge is 0.487 e. The van der Waals surface area contributed by atoms with Crippen LogP contribution in [-0.2, 0) is 12.0 Å². The van der Waals surface area contributed by atoms with Crippen molar-refractivity contribution in [3.8, 4) is 11.5 Å². The summed E-state index contributed by atoms with van der Waals surface area (Å²) in [6, 6.07) is 12.7. The predicted octanol–water partition coefficient (Wildman–Crippen LogP) is 5.22. The molecule has 0 amide bonds. The molecule has 168 valence electrons. The Labute approximate surface area is 186 Å². The topological polar surface area (TPSA) is 64.5 Å². The molecule has 7 heteroatoms. The summed E-state index contributed by atoms with van der Waals surface area (Å²) in [5.41, 5.74) is 2.38. The van der Waals surface area contributed by atoms with Gasteiger partial charge in [-0.2, -0.15) is 8.78 Å². The molecule has 1 fully saturated rings. The lowest BCUT2D eigenvalue weighted by atomic mass is 9.86. The molecule has 4 rings (SSSR count). The first-order valence-corrected chi connectivity index (χ1v) is 10.6. The summed E-state index contributed by atoms with van der Waals surface area (Å²) in [5.74, 6) is 0.235. The molecule has 32 heavy (non-hydrogen) atoms. The van der Waals surface area contributed by atoms with Gasteiger partial charge in [-0.15, -0.1) is 0 Å². The quantitative estimate of drug-likeness (QED) is 0.494. The highest BCUT2D eigenvalue weighted by Crippen LogP contribution is 2.39. The number of nitrogens with zero attached hydrogens (tertiary/aromatic N) is 2. The number of halogens is 2. The van der Waals surface area contributed by atoms with E-state index >= 15 is 0 Å². The second-order valence-electron chi connectivity index (χ2n) is 8.56. The maximum absolute atomic E-state index is 12.9. The van der Waals surface area contributed by atoms with E-state index in [4.69, 9.17) is 4.74 Å². The number of hydrogen-bond donors (Lipinski definition) is 1. The van der Waals surface area contributed by atoms with Crippen molar-refractivity contribution in [1.29, 1.82) is 0 Å². The number of aliphatic hydroxyl groups is 1. The van der Waals surface area contributed by atoms with E-state index in [-0.39, 0.29) is 17.8 Å². The molecule has 1 aliphatic carbocycles. The van der Waals surface area contributed by atoms with Crippen molar-refractivity contribution in [2.24, 2.45) is 0 Å². The van der Waals surface area contributed by atoms with Crippen LogP contribution in [-0.4, -0.2) is 27.8 Å². The van der Waals surface area contributed by atoms with Crippen molar-refractivity contribution < 1.29 is 23.4 Å². The Morgan fingerprint density at radius 2 is 1.84 bits per heavy atom. The van der Waals surface area contributed by atoms with Gasteiger partial charge in [-0.05, 0) is 74.1 Å². The fraction of sp³-hybridized carbons (Fsp3) is 0.360. The van der Waals surface area contributed by atoms with Crippen LogP contribution in [0.25, 0.3) is 0 Å². The standard InChI is InChI=1S/C25H26F2N2O3/c1-25(2,30)23-10-6-18(15-29-23)20(12-16-4-3-11-28-14-16)17-5-9-21(32-24(26)27)22(13-17)31-19-7-8-19/h3-6,9-11,13-15,19-20,24,30H,7-8,12H2,1-2H3. The summed E-state index contributed by atoms with van der Waals surface area (Å²) in [7, 11) is 0. The summed E-state index contributed by atoms with van der Waals surface area (Å²) in [5, 5.41) is 10.2. The van der Waals surface area contributed by atoms with Gasteiger partial charge in [-0.3, -0.25) is 9.97 Å². The van der Waals surface area contributed by atoms with Crippen molar-refractivity contribution in [3.05, 3.63) is 83.4 Å². The van der Waals surface area contributed by atoms with Crippen molar-refractivity contribution >= 4 is 0 Å². The lowest BCUT2D eigenvalue weighted by Crippen LogP contribution is -2.18. The summed E-state index contributed by atoms with van der Waals surface area (Å²) < 4.78 is 36.3. The molecule has 0 radical (unpaired) electrons. The van der Waals surface area contributed by atoms with Crippen LogP contribution in [0.5, 0.6) is 11.5 Å². The fourth-order valence-corrected chi connectivity index (χ4v) is 3.55. The molecule has 0 spiro atoms. The van der Waals surface area contributed by atoms with Crippen LogP contribution < -0.4 is 9.47 Å². The van der Waals surface area contributed by atoms with Gasteiger partial charge in [0, 0.05) is 24.5 Å². The fourth-order valence-electron chi connectivity index (χ4n) is 3.55. The van der Waals surface area contributed by atoms with Crippen molar-refractivity contribution in [2.75, 3.05) is 0 Å². The average molecular weight is 440 g/mol. The van der Waals surface area contributed by atoms with E-state index < -0.39 is 12.2 Å². The summed E-state index contributed by atoms with van der Waals surface area (Å²) >= 11 is 0. The summed E-state index contributed by atoms with van der Waals surface area (Å²) in [4.78, 5) is 8.66. The number of aromatic nitrogens is 2. The normalized spacial score (nSPS) is 14.9. The number of benzene rings is 1. The van der Waals surface area contributed by atoms with Gasteiger partial charge < -0.3 is 14.6 Å². The molecule has 1 saturated carbocycles. The van der Waals surface area contributed by atoms with E-state index in [1.54, 1.807) is 38.4 Å². The zero-order valence-corrected chi connectivity index (χ0v) is 18.0. The highest BCUT2D eigenvalue weighted by atomic mass is 19.3. The molecule has 1 atom stereocenters. The van der Waals surface area contributed by atoms with E-state index in [0.717, 1.165) is 29.5 Å². The first kappa shape index (κ1) is 22.1. The average Bonchev–Trinajstić information content (AvgIpc) is 3.57. The molecule has 0 bridgehead atoms. The zero-order valence-electron chi connectivity index (χ0n) is 18.0. The van der Waals surface area contributed by atoms with Crippen molar-refractivity contribution in [1.82, 2.24) is 9.97 Å². The third-order valence-electron chi connectivity index (χ3n) is 5.38. The molecule has 2 heterocycles. The molecule has 0 saturated heterocycles. The predicted molar refractivity (Wildman–Crippen MR) is 116 cm³/mol. The van der Waals surface area contributed by atoms with Gasteiger partial charge in [0.1, 0.15) is 5.60 Å². The van der Waals surface area contributed by atoms with Gasteiger partial charge >= 0.3 is 6.61 Å². The second kappa shape index (κ2) is 9.20. The van der Waals surface area contributed by atoms with Gasteiger partial charge in [-0.25, -0.2) is 0 Å². The second-order valence-corrected chi connectivity index (χ2v) is 8.56. The minimum atomic E-state index is -2.92. The summed E-state index contributed by atoms with van der Waals surface area (Å²) in [6.07, 6.45) is 7.75. The molecule has 1 N–H and O–H groups in total. The zero-order chi connectivity index (χ0) is 22.7. The maximum Gasteiger partial charge on any atom is 0.387 e. The van der Waals surface area contributed by atoms with Gasteiger partial charge in [0.25, 0.3) is 0 Å². The third-order valence-corrected chi connectivity index (χ3v) is 5.38. The number of pyridine rings is 2.